The van der Waals surface area contributed by atoms with Gasteiger partial charge in [0.1, 0.15) is 0 Å². The normalized spacial score (nSPS) is 9.68. The first kappa shape index (κ1) is 17.4. The number of rotatable bonds is 5. The van der Waals surface area contributed by atoms with E-state index in [-0.39, 0.29) is 30.1 Å². The van der Waals surface area contributed by atoms with Gasteiger partial charge < -0.3 is 16.4 Å². The van der Waals surface area contributed by atoms with Gasteiger partial charge in [-0.3, -0.25) is 9.59 Å². The highest BCUT2D eigenvalue weighted by Gasteiger charge is 2.13. The average Bonchev–Trinajstić information content (AvgIpc) is 2.36. The van der Waals surface area contributed by atoms with E-state index in [0.29, 0.717) is 24.3 Å². The summed E-state index contributed by atoms with van der Waals surface area (Å²) in [5.74, 6) is -0.487. The average molecular weight is 286 g/mol. The smallest absolute Gasteiger partial charge is 0.253 e. The number of benzene rings is 1. The van der Waals surface area contributed by atoms with Gasteiger partial charge in [0, 0.05) is 19.0 Å². The zero-order valence-corrected chi connectivity index (χ0v) is 11.9. The van der Waals surface area contributed by atoms with Crippen molar-refractivity contribution in [3.8, 4) is 0 Å². The van der Waals surface area contributed by atoms with Crippen LogP contribution in [0.2, 0.25) is 0 Å². The molecule has 4 N–H and O–H groups in total. The summed E-state index contributed by atoms with van der Waals surface area (Å²) in [5.41, 5.74) is 6.29. The summed E-state index contributed by atoms with van der Waals surface area (Å²) in [5, 5.41) is 5.41. The van der Waals surface area contributed by atoms with Crippen LogP contribution in [0.4, 0.5) is 5.69 Å². The Hall–Kier alpha value is -1.59. The number of hydrogen-bond acceptors (Lipinski definition) is 3. The van der Waals surface area contributed by atoms with Gasteiger partial charge in [0.25, 0.3) is 5.91 Å². The molecule has 0 aliphatic rings. The Balaban J connectivity index is 0.00000324. The van der Waals surface area contributed by atoms with Crippen molar-refractivity contribution in [1.82, 2.24) is 5.32 Å². The molecule has 0 atom stereocenters. The highest BCUT2D eigenvalue weighted by atomic mass is 35.5. The van der Waals surface area contributed by atoms with E-state index in [4.69, 9.17) is 5.73 Å². The number of halogens is 1. The molecule has 0 aliphatic carbocycles. The van der Waals surface area contributed by atoms with Gasteiger partial charge in [0.05, 0.1) is 11.3 Å². The molecule has 0 bridgehead atoms. The Kier molecular flexibility index (Phi) is 7.79. The van der Waals surface area contributed by atoms with Crippen molar-refractivity contribution in [3.05, 3.63) is 29.8 Å². The van der Waals surface area contributed by atoms with Crippen LogP contribution < -0.4 is 16.4 Å². The second-order valence-electron chi connectivity index (χ2n) is 4.23. The maximum Gasteiger partial charge on any atom is 0.253 e. The molecule has 0 fully saturated rings. The van der Waals surface area contributed by atoms with Crippen LogP contribution in [0.25, 0.3) is 0 Å². The lowest BCUT2D eigenvalue weighted by atomic mass is 10.1. The van der Waals surface area contributed by atoms with E-state index >= 15 is 0 Å². The van der Waals surface area contributed by atoms with Crippen LogP contribution in [-0.2, 0) is 4.79 Å². The fourth-order valence-corrected chi connectivity index (χ4v) is 1.35. The van der Waals surface area contributed by atoms with Crippen molar-refractivity contribution >= 4 is 29.9 Å². The van der Waals surface area contributed by atoms with Crippen LogP contribution in [0.15, 0.2) is 24.3 Å². The molecule has 1 aromatic rings. The summed E-state index contributed by atoms with van der Waals surface area (Å²) in [6, 6.07) is 6.90. The Bertz CT molecular complexity index is 436. The van der Waals surface area contributed by atoms with Gasteiger partial charge >= 0.3 is 0 Å². The molecule has 0 aromatic heterocycles. The zero-order chi connectivity index (χ0) is 13.5. The van der Waals surface area contributed by atoms with Crippen LogP contribution >= 0.6 is 12.4 Å². The van der Waals surface area contributed by atoms with E-state index in [1.807, 2.05) is 0 Å². The zero-order valence-electron chi connectivity index (χ0n) is 11.1. The van der Waals surface area contributed by atoms with Crippen molar-refractivity contribution in [3.63, 3.8) is 0 Å². The van der Waals surface area contributed by atoms with Gasteiger partial charge in [-0.15, -0.1) is 12.4 Å². The molecule has 5 nitrogen and oxygen atoms in total. The van der Waals surface area contributed by atoms with Crippen LogP contribution in [-0.4, -0.2) is 24.9 Å². The molecular formula is C13H20ClN3O2. The van der Waals surface area contributed by atoms with Crippen LogP contribution in [0, 0.1) is 5.92 Å². The number of para-hydroxylation sites is 1. The lowest BCUT2D eigenvalue weighted by Gasteiger charge is -2.12. The van der Waals surface area contributed by atoms with Gasteiger partial charge in [-0.25, -0.2) is 0 Å². The summed E-state index contributed by atoms with van der Waals surface area (Å²) in [4.78, 5) is 23.5. The highest BCUT2D eigenvalue weighted by Crippen LogP contribution is 2.15. The standard InChI is InChI=1S/C13H19N3O2.ClH/c1-9(2)12(17)16-11-6-4-3-5-10(11)13(18)15-8-7-14;/h3-6,9H,7-8,14H2,1-2H3,(H,15,18)(H,16,17);1H. The fraction of sp³-hybridized carbons (Fsp3) is 0.385. The quantitative estimate of drug-likeness (QED) is 0.764. The van der Waals surface area contributed by atoms with E-state index < -0.39 is 0 Å². The van der Waals surface area contributed by atoms with E-state index in [2.05, 4.69) is 10.6 Å². The minimum atomic E-state index is -0.236. The largest absolute Gasteiger partial charge is 0.351 e. The molecule has 6 heteroatoms. The number of anilines is 1. The minimum Gasteiger partial charge on any atom is -0.351 e. The molecule has 1 aromatic carbocycles. The summed E-state index contributed by atoms with van der Waals surface area (Å²) < 4.78 is 0. The van der Waals surface area contributed by atoms with E-state index in [1.54, 1.807) is 38.1 Å². The van der Waals surface area contributed by atoms with Gasteiger partial charge in [0.15, 0.2) is 0 Å². The second-order valence-corrected chi connectivity index (χ2v) is 4.23. The third kappa shape index (κ3) is 5.28. The van der Waals surface area contributed by atoms with Gasteiger partial charge in [-0.2, -0.15) is 0 Å². The van der Waals surface area contributed by atoms with Gasteiger partial charge in [-0.1, -0.05) is 26.0 Å². The number of amides is 2. The molecule has 0 aliphatic heterocycles. The molecule has 0 saturated heterocycles. The predicted molar refractivity (Wildman–Crippen MR) is 78.5 cm³/mol. The molecule has 1 rings (SSSR count). The lowest BCUT2D eigenvalue weighted by molar-refractivity contribution is -0.118. The Morgan fingerprint density at radius 1 is 1.26 bits per heavy atom. The molecule has 0 radical (unpaired) electrons. The van der Waals surface area contributed by atoms with Crippen LogP contribution in [0.1, 0.15) is 24.2 Å². The third-order valence-electron chi connectivity index (χ3n) is 2.38. The van der Waals surface area contributed by atoms with Crippen molar-refractivity contribution in [2.75, 3.05) is 18.4 Å². The number of carbonyl (C=O) groups is 2. The minimum absolute atomic E-state index is 0. The van der Waals surface area contributed by atoms with Gasteiger partial charge in [0.2, 0.25) is 5.91 Å². The number of hydrogen-bond donors (Lipinski definition) is 3. The van der Waals surface area contributed by atoms with E-state index in [1.165, 1.54) is 0 Å². The molecule has 2 amide bonds. The summed E-state index contributed by atoms with van der Waals surface area (Å²) in [7, 11) is 0. The van der Waals surface area contributed by atoms with E-state index in [0.717, 1.165) is 0 Å². The predicted octanol–water partition coefficient (Wildman–Crippen LogP) is 1.39. The van der Waals surface area contributed by atoms with Crippen LogP contribution in [0.3, 0.4) is 0 Å². The van der Waals surface area contributed by atoms with E-state index in [9.17, 15) is 9.59 Å². The monoisotopic (exact) mass is 285 g/mol. The maximum absolute atomic E-state index is 11.9. The summed E-state index contributed by atoms with van der Waals surface area (Å²) in [6.45, 7) is 4.39. The first-order chi connectivity index (χ1) is 8.56. The van der Waals surface area contributed by atoms with Crippen molar-refractivity contribution in [1.29, 1.82) is 0 Å². The Morgan fingerprint density at radius 3 is 2.47 bits per heavy atom. The first-order valence-electron chi connectivity index (χ1n) is 5.94. The number of nitrogens with two attached hydrogens (primary N) is 1. The molecule has 19 heavy (non-hydrogen) atoms. The molecule has 106 valence electrons. The second kappa shape index (κ2) is 8.50. The molecular weight excluding hydrogens is 266 g/mol. The topological polar surface area (TPSA) is 84.2 Å². The fourth-order valence-electron chi connectivity index (χ4n) is 1.35. The SMILES string of the molecule is CC(C)C(=O)Nc1ccccc1C(=O)NCCN.Cl. The summed E-state index contributed by atoms with van der Waals surface area (Å²) in [6.07, 6.45) is 0. The number of nitrogens with one attached hydrogen (secondary N) is 2. The summed E-state index contributed by atoms with van der Waals surface area (Å²) >= 11 is 0. The lowest BCUT2D eigenvalue weighted by Crippen LogP contribution is -2.30. The van der Waals surface area contributed by atoms with Crippen LogP contribution in [0.5, 0.6) is 0 Å². The maximum atomic E-state index is 11.9. The third-order valence-corrected chi connectivity index (χ3v) is 2.38. The molecule has 0 unspecified atom stereocenters. The molecule has 0 saturated carbocycles. The Labute approximate surface area is 119 Å². The van der Waals surface area contributed by atoms with Crippen molar-refractivity contribution < 1.29 is 9.59 Å². The van der Waals surface area contributed by atoms with Crippen molar-refractivity contribution in [2.45, 2.75) is 13.8 Å². The Morgan fingerprint density at radius 2 is 1.89 bits per heavy atom. The van der Waals surface area contributed by atoms with Gasteiger partial charge in [-0.05, 0) is 12.1 Å². The molecule has 0 spiro atoms. The molecule has 0 heterocycles. The highest BCUT2D eigenvalue weighted by molar-refractivity contribution is 6.04. The first-order valence-corrected chi connectivity index (χ1v) is 5.94. The number of carbonyl (C=O) groups excluding carboxylic acids is 2. The van der Waals surface area contributed by atoms with Crippen molar-refractivity contribution in [2.24, 2.45) is 11.7 Å².